The summed E-state index contributed by atoms with van der Waals surface area (Å²) < 4.78 is 27.5. The van der Waals surface area contributed by atoms with E-state index in [9.17, 15) is 5.11 Å². The van der Waals surface area contributed by atoms with Gasteiger partial charge in [-0.05, 0) is 30.0 Å². The fourth-order valence-corrected chi connectivity index (χ4v) is 5.16. The number of aliphatic hydroxyl groups is 1. The first kappa shape index (κ1) is 34.0. The Morgan fingerprint density at radius 1 is 1.05 bits per heavy atom. The van der Waals surface area contributed by atoms with Crippen LogP contribution in [0.25, 0.3) is 0 Å². The molecule has 1 aliphatic heterocycles. The fraction of sp³-hybridized carbons (Fsp3) is 0.552. The number of rotatable bonds is 22. The van der Waals surface area contributed by atoms with Gasteiger partial charge in [0.2, 0.25) is 5.28 Å². The number of nitrogens with one attached hydrogen (secondary N) is 3. The second-order valence-electron chi connectivity index (χ2n) is 9.18. The van der Waals surface area contributed by atoms with Gasteiger partial charge in [-0.1, -0.05) is 36.3 Å². The zero-order valence-corrected chi connectivity index (χ0v) is 25.2. The predicted molar refractivity (Wildman–Crippen MR) is 166 cm³/mol. The summed E-state index contributed by atoms with van der Waals surface area (Å²) in [7, 11) is 0. The second-order valence-corrected chi connectivity index (χ2v) is 10.7. The lowest BCUT2D eigenvalue weighted by Gasteiger charge is -2.22. The molecular weight excluding hydrogens is 582 g/mol. The van der Waals surface area contributed by atoms with Crippen molar-refractivity contribution in [1.82, 2.24) is 9.97 Å². The third-order valence-corrected chi connectivity index (χ3v) is 7.34. The fourth-order valence-electron chi connectivity index (χ4n) is 4.08. The van der Waals surface area contributed by atoms with E-state index in [0.717, 1.165) is 23.5 Å². The number of anilines is 2. The zero-order chi connectivity index (χ0) is 29.8. The van der Waals surface area contributed by atoms with Crippen LogP contribution >= 0.6 is 23.4 Å². The minimum Gasteiger partial charge on any atom is -0.394 e. The van der Waals surface area contributed by atoms with E-state index >= 15 is 0 Å². The Morgan fingerprint density at radius 2 is 1.71 bits per heavy atom. The molecule has 1 saturated heterocycles. The Balaban J connectivity index is 1.44. The highest BCUT2D eigenvalue weighted by Crippen LogP contribution is 2.29. The second kappa shape index (κ2) is 20.4. The van der Waals surface area contributed by atoms with Gasteiger partial charge in [0.1, 0.15) is 24.5 Å². The number of hydrogen-bond donors (Lipinski definition) is 4. The molecule has 2 heterocycles. The first-order chi connectivity index (χ1) is 20.6. The Hall–Kier alpha value is -2.47. The summed E-state index contributed by atoms with van der Waals surface area (Å²) in [4.78, 5) is 8.70. The van der Waals surface area contributed by atoms with Crippen LogP contribution in [0.2, 0.25) is 5.28 Å². The third kappa shape index (κ3) is 12.4. The molecule has 13 heteroatoms. The molecule has 42 heavy (non-hydrogen) atoms. The Morgan fingerprint density at radius 3 is 2.36 bits per heavy atom. The quantitative estimate of drug-likeness (QED) is 0.0663. The van der Waals surface area contributed by atoms with Crippen LogP contribution in [-0.2, 0) is 23.7 Å². The van der Waals surface area contributed by atoms with Gasteiger partial charge >= 0.3 is 0 Å². The highest BCUT2D eigenvalue weighted by atomic mass is 35.5. The van der Waals surface area contributed by atoms with E-state index in [0.29, 0.717) is 76.5 Å². The average Bonchev–Trinajstić information content (AvgIpc) is 3.46. The molecule has 1 aliphatic rings. The van der Waals surface area contributed by atoms with E-state index in [-0.39, 0.29) is 30.3 Å². The van der Waals surface area contributed by atoms with Gasteiger partial charge in [-0.15, -0.1) is 6.42 Å². The summed E-state index contributed by atoms with van der Waals surface area (Å²) >= 11 is 8.03. The first-order valence-corrected chi connectivity index (χ1v) is 15.4. The van der Waals surface area contributed by atoms with E-state index in [1.807, 2.05) is 30.3 Å². The van der Waals surface area contributed by atoms with Crippen molar-refractivity contribution in [3.8, 4) is 12.3 Å². The minimum absolute atomic E-state index is 0.0385. The number of hydrogen-bond acceptors (Lipinski definition) is 12. The summed E-state index contributed by atoms with van der Waals surface area (Å²) in [5.74, 6) is 4.80. The standard InChI is InChI=1S/C29H40ClN5O6S/c1-2-10-37-11-12-38-13-14-39-15-16-40-17-18-42-21-25(22-6-4-3-5-7-22)32-27-24(19-31)28(35-29(30)34-27)33-26-9-8-23(20-36)41-26/h1,3-7,19,23,25-26,31,36H,8-18,20-21H2,(H2,32,33,34,35). The van der Waals surface area contributed by atoms with Gasteiger partial charge in [-0.2, -0.15) is 21.7 Å². The highest BCUT2D eigenvalue weighted by molar-refractivity contribution is 7.99. The summed E-state index contributed by atoms with van der Waals surface area (Å²) in [6.45, 7) is 3.81. The number of terminal acetylenes is 1. The normalized spacial score (nSPS) is 17.1. The average molecular weight is 622 g/mol. The lowest BCUT2D eigenvalue weighted by atomic mass is 10.1. The van der Waals surface area contributed by atoms with Crippen molar-refractivity contribution in [1.29, 1.82) is 5.41 Å². The third-order valence-electron chi connectivity index (χ3n) is 6.14. The number of nitrogens with zero attached hydrogens (tertiary/aromatic N) is 2. The topological polar surface area (TPSA) is 140 Å². The highest BCUT2D eigenvalue weighted by Gasteiger charge is 2.26. The lowest BCUT2D eigenvalue weighted by molar-refractivity contribution is 0.00311. The molecule has 0 bridgehead atoms. The molecule has 11 nitrogen and oxygen atoms in total. The van der Waals surface area contributed by atoms with Crippen LogP contribution in [0.1, 0.15) is 30.0 Å². The monoisotopic (exact) mass is 621 g/mol. The maximum absolute atomic E-state index is 9.38. The Bertz CT molecular complexity index is 1100. The zero-order valence-electron chi connectivity index (χ0n) is 23.6. The molecule has 0 spiro atoms. The summed E-state index contributed by atoms with van der Waals surface area (Å²) in [6.07, 6.45) is 7.21. The Labute approximate surface area is 256 Å². The molecule has 0 saturated carbocycles. The van der Waals surface area contributed by atoms with E-state index in [4.69, 9.17) is 47.1 Å². The molecule has 0 amide bonds. The predicted octanol–water partition coefficient (Wildman–Crippen LogP) is 3.62. The lowest BCUT2D eigenvalue weighted by Crippen LogP contribution is -2.24. The molecule has 4 N–H and O–H groups in total. The summed E-state index contributed by atoms with van der Waals surface area (Å²) in [6, 6.07) is 9.95. The summed E-state index contributed by atoms with van der Waals surface area (Å²) in [5.41, 5.74) is 1.56. The molecule has 0 aliphatic carbocycles. The Kier molecular flexibility index (Phi) is 16.6. The van der Waals surface area contributed by atoms with Crippen molar-refractivity contribution in [3.05, 3.63) is 46.7 Å². The van der Waals surface area contributed by atoms with Gasteiger partial charge in [0.05, 0.1) is 70.6 Å². The molecule has 3 rings (SSSR count). The van der Waals surface area contributed by atoms with Gasteiger partial charge < -0.3 is 44.8 Å². The molecular formula is C29H40ClN5O6S. The maximum atomic E-state index is 9.38. The molecule has 230 valence electrons. The molecule has 1 aromatic heterocycles. The van der Waals surface area contributed by atoms with Crippen LogP contribution in [0.4, 0.5) is 11.6 Å². The number of benzene rings is 1. The van der Waals surface area contributed by atoms with Gasteiger partial charge in [-0.3, -0.25) is 0 Å². The van der Waals surface area contributed by atoms with Crippen molar-refractivity contribution >= 4 is 41.2 Å². The van der Waals surface area contributed by atoms with E-state index in [1.54, 1.807) is 11.8 Å². The van der Waals surface area contributed by atoms with Crippen LogP contribution in [0, 0.1) is 17.8 Å². The van der Waals surface area contributed by atoms with Gasteiger partial charge in [0.15, 0.2) is 0 Å². The molecule has 3 atom stereocenters. The minimum atomic E-state index is -0.330. The number of ether oxygens (including phenoxy) is 5. The van der Waals surface area contributed by atoms with Crippen molar-refractivity contribution in [3.63, 3.8) is 0 Å². The molecule has 2 aromatic rings. The van der Waals surface area contributed by atoms with Crippen LogP contribution < -0.4 is 10.6 Å². The van der Waals surface area contributed by atoms with Gasteiger partial charge in [0, 0.05) is 17.7 Å². The van der Waals surface area contributed by atoms with Gasteiger partial charge in [-0.25, -0.2) is 0 Å². The van der Waals surface area contributed by atoms with Crippen molar-refractivity contribution in [2.24, 2.45) is 0 Å². The van der Waals surface area contributed by atoms with Crippen LogP contribution in [0.5, 0.6) is 0 Å². The largest absolute Gasteiger partial charge is 0.394 e. The van der Waals surface area contributed by atoms with Gasteiger partial charge in [0.25, 0.3) is 0 Å². The maximum Gasteiger partial charge on any atom is 0.226 e. The van der Waals surface area contributed by atoms with E-state index < -0.39 is 0 Å². The van der Waals surface area contributed by atoms with Crippen molar-refractivity contribution in [2.45, 2.75) is 31.2 Å². The smallest absolute Gasteiger partial charge is 0.226 e. The molecule has 0 radical (unpaired) electrons. The SMILES string of the molecule is C#CCOCCOCCOCCOCCSCC(Nc1nc(Cl)nc(NC2CCC(CO)O2)c1C=N)c1ccccc1. The molecule has 1 aromatic carbocycles. The van der Waals surface area contributed by atoms with Crippen molar-refractivity contribution < 1.29 is 28.8 Å². The van der Waals surface area contributed by atoms with Crippen molar-refractivity contribution in [2.75, 3.05) is 81.6 Å². The molecule has 3 unspecified atom stereocenters. The molecule has 1 fully saturated rings. The van der Waals surface area contributed by atoms with Crippen LogP contribution in [-0.4, -0.2) is 105 Å². The number of aromatic nitrogens is 2. The van der Waals surface area contributed by atoms with Crippen LogP contribution in [0.3, 0.4) is 0 Å². The first-order valence-electron chi connectivity index (χ1n) is 13.9. The van der Waals surface area contributed by atoms with E-state index in [1.165, 1.54) is 6.21 Å². The van der Waals surface area contributed by atoms with E-state index in [2.05, 4.69) is 26.5 Å². The van der Waals surface area contributed by atoms with Crippen LogP contribution in [0.15, 0.2) is 30.3 Å². The number of thioether (sulfide) groups is 1. The number of halogens is 1. The number of aliphatic hydroxyl groups excluding tert-OH is 1. The summed E-state index contributed by atoms with van der Waals surface area (Å²) in [5, 5.41) is 24.2.